The van der Waals surface area contributed by atoms with E-state index in [4.69, 9.17) is 10.3 Å². The summed E-state index contributed by atoms with van der Waals surface area (Å²) < 4.78 is 5.32. The Morgan fingerprint density at radius 2 is 2.22 bits per heavy atom. The highest BCUT2D eigenvalue weighted by atomic mass is 32.1. The van der Waals surface area contributed by atoms with Crippen molar-refractivity contribution in [2.75, 3.05) is 0 Å². The first-order valence-electron chi connectivity index (χ1n) is 6.33. The summed E-state index contributed by atoms with van der Waals surface area (Å²) in [7, 11) is 0. The molecule has 1 saturated carbocycles. The third-order valence-electron chi connectivity index (χ3n) is 3.81. The van der Waals surface area contributed by atoms with Gasteiger partial charge < -0.3 is 10.3 Å². The summed E-state index contributed by atoms with van der Waals surface area (Å²) in [6.07, 6.45) is 4.16. The maximum Gasteiger partial charge on any atom is 0.258 e. The molecule has 2 aromatic heterocycles. The van der Waals surface area contributed by atoms with Crippen molar-refractivity contribution in [3.8, 4) is 11.5 Å². The maximum absolute atomic E-state index is 6.43. The zero-order valence-corrected chi connectivity index (χ0v) is 11.2. The quantitative estimate of drug-likeness (QED) is 0.903. The SMILES string of the molecule is CC1CCC(N)(c2noc(-c3ccsc3)n2)CC1. The number of nitrogens with two attached hydrogens (primary N) is 1. The summed E-state index contributed by atoms with van der Waals surface area (Å²) >= 11 is 1.62. The second-order valence-electron chi connectivity index (χ2n) is 5.27. The first-order chi connectivity index (χ1) is 8.67. The first-order valence-corrected chi connectivity index (χ1v) is 7.27. The molecule has 2 heterocycles. The predicted octanol–water partition coefficient (Wildman–Crippen LogP) is 3.16. The van der Waals surface area contributed by atoms with Crippen LogP contribution in [0.4, 0.5) is 0 Å². The minimum absolute atomic E-state index is 0.399. The fraction of sp³-hybridized carbons (Fsp3) is 0.538. The van der Waals surface area contributed by atoms with Gasteiger partial charge in [0.15, 0.2) is 5.82 Å². The van der Waals surface area contributed by atoms with Gasteiger partial charge in [-0.2, -0.15) is 16.3 Å². The van der Waals surface area contributed by atoms with Gasteiger partial charge in [-0.05, 0) is 43.0 Å². The number of hydrogen-bond acceptors (Lipinski definition) is 5. The van der Waals surface area contributed by atoms with Crippen LogP contribution in [0, 0.1) is 5.92 Å². The molecule has 3 rings (SSSR count). The van der Waals surface area contributed by atoms with Gasteiger partial charge in [0.2, 0.25) is 0 Å². The zero-order valence-electron chi connectivity index (χ0n) is 10.4. The van der Waals surface area contributed by atoms with Gasteiger partial charge in [0.05, 0.1) is 11.1 Å². The molecule has 0 atom stereocenters. The lowest BCUT2D eigenvalue weighted by molar-refractivity contribution is 0.230. The molecule has 4 nitrogen and oxygen atoms in total. The summed E-state index contributed by atoms with van der Waals surface area (Å²) in [6, 6.07) is 1.98. The molecule has 0 aromatic carbocycles. The third-order valence-corrected chi connectivity index (χ3v) is 4.49. The molecule has 1 aliphatic carbocycles. The van der Waals surface area contributed by atoms with Crippen LogP contribution in [0.5, 0.6) is 0 Å². The smallest absolute Gasteiger partial charge is 0.258 e. The lowest BCUT2D eigenvalue weighted by atomic mass is 9.77. The number of rotatable bonds is 2. The van der Waals surface area contributed by atoms with Crippen LogP contribution in [-0.4, -0.2) is 10.1 Å². The zero-order chi connectivity index (χ0) is 12.6. The Bertz CT molecular complexity index is 512. The van der Waals surface area contributed by atoms with Crippen molar-refractivity contribution in [2.24, 2.45) is 11.7 Å². The molecule has 96 valence electrons. The summed E-state index contributed by atoms with van der Waals surface area (Å²) in [6.45, 7) is 2.27. The molecular weight excluding hydrogens is 246 g/mol. The molecule has 0 aliphatic heterocycles. The van der Waals surface area contributed by atoms with Crippen molar-refractivity contribution >= 4 is 11.3 Å². The molecule has 0 bridgehead atoms. The molecule has 1 fully saturated rings. The Morgan fingerprint density at radius 3 is 2.89 bits per heavy atom. The van der Waals surface area contributed by atoms with Crippen molar-refractivity contribution in [2.45, 2.75) is 38.1 Å². The van der Waals surface area contributed by atoms with Gasteiger partial charge in [-0.15, -0.1) is 0 Å². The van der Waals surface area contributed by atoms with Crippen molar-refractivity contribution < 1.29 is 4.52 Å². The molecule has 18 heavy (non-hydrogen) atoms. The van der Waals surface area contributed by atoms with E-state index in [1.54, 1.807) is 11.3 Å². The Hall–Kier alpha value is -1.20. The van der Waals surface area contributed by atoms with Crippen molar-refractivity contribution in [3.05, 3.63) is 22.7 Å². The van der Waals surface area contributed by atoms with E-state index < -0.39 is 5.54 Å². The standard InChI is InChI=1S/C13H17N3OS/c1-9-2-5-13(14,6-3-9)12-15-11(17-16-12)10-4-7-18-8-10/h4,7-9H,2-3,5-6,14H2,1H3. The number of hydrogen-bond donors (Lipinski definition) is 1. The monoisotopic (exact) mass is 263 g/mol. The normalized spacial score (nSPS) is 28.4. The number of thiophene rings is 1. The molecule has 0 saturated heterocycles. The highest BCUT2D eigenvalue weighted by molar-refractivity contribution is 7.08. The minimum Gasteiger partial charge on any atom is -0.334 e. The minimum atomic E-state index is -0.399. The van der Waals surface area contributed by atoms with E-state index in [1.165, 1.54) is 0 Å². The van der Waals surface area contributed by atoms with E-state index in [0.717, 1.165) is 37.2 Å². The average molecular weight is 263 g/mol. The largest absolute Gasteiger partial charge is 0.334 e. The Labute approximate surface area is 110 Å². The third kappa shape index (κ3) is 2.08. The Balaban J connectivity index is 1.85. The fourth-order valence-electron chi connectivity index (χ4n) is 2.43. The molecular formula is C13H17N3OS. The van der Waals surface area contributed by atoms with E-state index in [2.05, 4.69) is 17.1 Å². The molecule has 0 radical (unpaired) electrons. The van der Waals surface area contributed by atoms with E-state index in [1.807, 2.05) is 16.8 Å². The van der Waals surface area contributed by atoms with E-state index >= 15 is 0 Å². The van der Waals surface area contributed by atoms with Crippen LogP contribution in [0.15, 0.2) is 21.3 Å². The summed E-state index contributed by atoms with van der Waals surface area (Å²) in [5.74, 6) is 2.00. The van der Waals surface area contributed by atoms with Crippen LogP contribution in [0.1, 0.15) is 38.4 Å². The van der Waals surface area contributed by atoms with Gasteiger partial charge in [0.1, 0.15) is 0 Å². The van der Waals surface area contributed by atoms with Gasteiger partial charge in [0, 0.05) is 5.38 Å². The summed E-state index contributed by atoms with van der Waals surface area (Å²) in [4.78, 5) is 4.48. The topological polar surface area (TPSA) is 64.9 Å². The molecule has 0 amide bonds. The van der Waals surface area contributed by atoms with E-state index in [0.29, 0.717) is 11.7 Å². The van der Waals surface area contributed by atoms with E-state index in [-0.39, 0.29) is 0 Å². The van der Waals surface area contributed by atoms with Gasteiger partial charge >= 0.3 is 0 Å². The van der Waals surface area contributed by atoms with Gasteiger partial charge in [-0.1, -0.05) is 12.1 Å². The first kappa shape index (κ1) is 11.9. The lowest BCUT2D eigenvalue weighted by Gasteiger charge is -2.33. The molecule has 2 aromatic rings. The molecule has 2 N–H and O–H groups in total. The van der Waals surface area contributed by atoms with Gasteiger partial charge in [-0.25, -0.2) is 0 Å². The van der Waals surface area contributed by atoms with Gasteiger partial charge in [0.25, 0.3) is 5.89 Å². The maximum atomic E-state index is 6.43. The lowest BCUT2D eigenvalue weighted by Crippen LogP contribution is -2.41. The second-order valence-corrected chi connectivity index (χ2v) is 6.05. The highest BCUT2D eigenvalue weighted by Crippen LogP contribution is 2.36. The van der Waals surface area contributed by atoms with Crippen LogP contribution in [0.3, 0.4) is 0 Å². The van der Waals surface area contributed by atoms with E-state index in [9.17, 15) is 0 Å². The van der Waals surface area contributed by atoms with Crippen molar-refractivity contribution in [1.29, 1.82) is 0 Å². The fourth-order valence-corrected chi connectivity index (χ4v) is 3.06. The average Bonchev–Trinajstić information content (AvgIpc) is 3.01. The summed E-state index contributed by atoms with van der Waals surface area (Å²) in [5.41, 5.74) is 7.01. The van der Waals surface area contributed by atoms with Crippen LogP contribution in [0.2, 0.25) is 0 Å². The molecule has 1 aliphatic rings. The van der Waals surface area contributed by atoms with Crippen molar-refractivity contribution in [3.63, 3.8) is 0 Å². The number of nitrogens with zero attached hydrogens (tertiary/aromatic N) is 2. The molecule has 0 unspecified atom stereocenters. The van der Waals surface area contributed by atoms with Crippen LogP contribution in [-0.2, 0) is 5.54 Å². The number of aromatic nitrogens is 2. The van der Waals surface area contributed by atoms with Crippen LogP contribution in [0.25, 0.3) is 11.5 Å². The Morgan fingerprint density at radius 1 is 1.44 bits per heavy atom. The summed E-state index contributed by atoms with van der Waals surface area (Å²) in [5, 5.41) is 8.09. The second kappa shape index (κ2) is 4.48. The van der Waals surface area contributed by atoms with Crippen molar-refractivity contribution in [1.82, 2.24) is 10.1 Å². The van der Waals surface area contributed by atoms with Crippen LogP contribution >= 0.6 is 11.3 Å². The highest BCUT2D eigenvalue weighted by Gasteiger charge is 2.36. The predicted molar refractivity (Wildman–Crippen MR) is 71.1 cm³/mol. The van der Waals surface area contributed by atoms with Gasteiger partial charge in [-0.3, -0.25) is 0 Å². The molecule has 5 heteroatoms. The Kier molecular flexibility index (Phi) is 2.95. The molecule has 0 spiro atoms. The van der Waals surface area contributed by atoms with Crippen LogP contribution < -0.4 is 5.73 Å².